The third-order valence-electron chi connectivity index (χ3n) is 5.71. The van der Waals surface area contributed by atoms with E-state index in [-0.39, 0.29) is 12.0 Å². The molecule has 4 rings (SSSR count). The number of aromatic nitrogens is 1. The van der Waals surface area contributed by atoms with Crippen LogP contribution in [-0.4, -0.2) is 54.1 Å². The summed E-state index contributed by atoms with van der Waals surface area (Å²) in [5, 5.41) is 3.44. The maximum atomic E-state index is 12.9. The lowest BCUT2D eigenvalue weighted by Gasteiger charge is -2.41. The summed E-state index contributed by atoms with van der Waals surface area (Å²) in [5.74, 6) is 0.437. The Morgan fingerprint density at radius 2 is 1.96 bits per heavy atom. The second-order valence-corrected chi connectivity index (χ2v) is 7.24. The van der Waals surface area contributed by atoms with E-state index in [9.17, 15) is 4.79 Å². The van der Waals surface area contributed by atoms with Gasteiger partial charge < -0.3 is 19.5 Å². The first-order valence-corrected chi connectivity index (χ1v) is 9.28. The average molecular weight is 342 g/mol. The number of para-hydroxylation sites is 2. The van der Waals surface area contributed by atoms with Crippen LogP contribution in [0, 0.1) is 5.92 Å². The molecular formula is C19H26N4O2. The Morgan fingerprint density at radius 1 is 1.20 bits per heavy atom. The molecule has 1 aromatic carbocycles. The smallest absolute Gasteiger partial charge is 0.298 e. The van der Waals surface area contributed by atoms with Crippen molar-refractivity contribution in [2.24, 2.45) is 5.92 Å². The van der Waals surface area contributed by atoms with Crippen LogP contribution in [0.5, 0.6) is 0 Å². The van der Waals surface area contributed by atoms with Crippen LogP contribution in [0.1, 0.15) is 26.7 Å². The topological polar surface area (TPSA) is 61.6 Å². The molecule has 2 aliphatic heterocycles. The summed E-state index contributed by atoms with van der Waals surface area (Å²) in [6.07, 6.45) is 1.73. The van der Waals surface area contributed by atoms with E-state index in [4.69, 9.17) is 4.42 Å². The molecular weight excluding hydrogens is 316 g/mol. The van der Waals surface area contributed by atoms with E-state index in [0.717, 1.165) is 50.1 Å². The normalized spacial score (nSPS) is 25.5. The van der Waals surface area contributed by atoms with E-state index in [1.165, 1.54) is 0 Å². The highest BCUT2D eigenvalue weighted by Gasteiger charge is 2.34. The van der Waals surface area contributed by atoms with Gasteiger partial charge in [-0.15, -0.1) is 0 Å². The molecule has 6 nitrogen and oxygen atoms in total. The third kappa shape index (κ3) is 3.11. The van der Waals surface area contributed by atoms with E-state index in [2.05, 4.69) is 33.9 Å². The summed E-state index contributed by atoms with van der Waals surface area (Å²) in [4.78, 5) is 21.7. The number of fused-ring (bicyclic) bond motifs is 1. The van der Waals surface area contributed by atoms with Gasteiger partial charge in [-0.25, -0.2) is 0 Å². The van der Waals surface area contributed by atoms with E-state index in [1.54, 1.807) is 0 Å². The standard InChI is InChI=1S/C19H26N4O2/c1-13-14(2)23(12-9-20-13)18(24)15-7-10-22(11-8-15)19-21-16-5-3-4-6-17(16)25-19/h3-6,13-15,20H,7-12H2,1-2H3. The Labute approximate surface area is 148 Å². The molecule has 1 amide bonds. The summed E-state index contributed by atoms with van der Waals surface area (Å²) in [5.41, 5.74) is 1.71. The van der Waals surface area contributed by atoms with Crippen LogP contribution in [0.25, 0.3) is 11.1 Å². The molecule has 0 saturated carbocycles. The molecule has 2 aromatic rings. The number of hydrogen-bond acceptors (Lipinski definition) is 5. The van der Waals surface area contributed by atoms with Crippen LogP contribution in [0.3, 0.4) is 0 Å². The van der Waals surface area contributed by atoms with Gasteiger partial charge in [0.1, 0.15) is 5.52 Å². The minimum absolute atomic E-state index is 0.119. The van der Waals surface area contributed by atoms with Gasteiger partial charge in [-0.2, -0.15) is 4.98 Å². The van der Waals surface area contributed by atoms with Gasteiger partial charge in [0, 0.05) is 44.2 Å². The van der Waals surface area contributed by atoms with Crippen LogP contribution in [0.15, 0.2) is 28.7 Å². The minimum atomic E-state index is 0.119. The molecule has 2 unspecified atom stereocenters. The summed E-state index contributed by atoms with van der Waals surface area (Å²) in [7, 11) is 0. The van der Waals surface area contributed by atoms with Crippen molar-refractivity contribution in [1.29, 1.82) is 0 Å². The van der Waals surface area contributed by atoms with E-state index < -0.39 is 0 Å². The van der Waals surface area contributed by atoms with Gasteiger partial charge in [0.15, 0.2) is 5.58 Å². The number of piperazine rings is 1. The van der Waals surface area contributed by atoms with Crippen LogP contribution < -0.4 is 10.2 Å². The zero-order chi connectivity index (χ0) is 17.4. The zero-order valence-electron chi connectivity index (χ0n) is 14.9. The minimum Gasteiger partial charge on any atom is -0.423 e. The van der Waals surface area contributed by atoms with Gasteiger partial charge in [-0.1, -0.05) is 12.1 Å². The monoisotopic (exact) mass is 342 g/mol. The van der Waals surface area contributed by atoms with Gasteiger partial charge in [-0.3, -0.25) is 4.79 Å². The highest BCUT2D eigenvalue weighted by atomic mass is 16.4. The molecule has 0 bridgehead atoms. The first-order valence-electron chi connectivity index (χ1n) is 9.28. The number of anilines is 1. The summed E-state index contributed by atoms with van der Waals surface area (Å²) < 4.78 is 5.86. The second kappa shape index (κ2) is 6.67. The highest BCUT2D eigenvalue weighted by molar-refractivity contribution is 5.80. The van der Waals surface area contributed by atoms with Crippen LogP contribution in [0.2, 0.25) is 0 Å². The fourth-order valence-corrected chi connectivity index (χ4v) is 3.92. The average Bonchev–Trinajstić information content (AvgIpc) is 3.08. The fraction of sp³-hybridized carbons (Fsp3) is 0.579. The molecule has 0 spiro atoms. The molecule has 3 heterocycles. The molecule has 1 N–H and O–H groups in total. The lowest BCUT2D eigenvalue weighted by Crippen LogP contribution is -2.58. The molecule has 2 fully saturated rings. The Kier molecular flexibility index (Phi) is 4.37. The fourth-order valence-electron chi connectivity index (χ4n) is 3.92. The number of carbonyl (C=O) groups excluding carboxylic acids is 1. The van der Waals surface area contributed by atoms with Gasteiger partial charge in [0.05, 0.1) is 0 Å². The van der Waals surface area contributed by atoms with Gasteiger partial charge in [0.2, 0.25) is 5.91 Å². The molecule has 2 saturated heterocycles. The molecule has 25 heavy (non-hydrogen) atoms. The van der Waals surface area contributed by atoms with Crippen LogP contribution >= 0.6 is 0 Å². The predicted molar refractivity (Wildman–Crippen MR) is 97.6 cm³/mol. The maximum Gasteiger partial charge on any atom is 0.298 e. The summed E-state index contributed by atoms with van der Waals surface area (Å²) in [6, 6.07) is 9.12. The molecule has 0 radical (unpaired) electrons. The number of carbonyl (C=O) groups is 1. The molecule has 2 atom stereocenters. The zero-order valence-corrected chi connectivity index (χ0v) is 14.9. The van der Waals surface area contributed by atoms with Crippen molar-refractivity contribution in [3.8, 4) is 0 Å². The number of hydrogen-bond donors (Lipinski definition) is 1. The number of oxazole rings is 1. The van der Waals surface area contributed by atoms with Crippen molar-refractivity contribution in [2.75, 3.05) is 31.1 Å². The van der Waals surface area contributed by atoms with Crippen molar-refractivity contribution in [3.05, 3.63) is 24.3 Å². The van der Waals surface area contributed by atoms with Gasteiger partial charge >= 0.3 is 0 Å². The van der Waals surface area contributed by atoms with Gasteiger partial charge in [0.25, 0.3) is 6.01 Å². The van der Waals surface area contributed by atoms with Crippen molar-refractivity contribution >= 4 is 23.0 Å². The third-order valence-corrected chi connectivity index (χ3v) is 5.71. The molecule has 6 heteroatoms. The number of piperidine rings is 1. The Balaban J connectivity index is 1.40. The maximum absolute atomic E-state index is 12.9. The first-order chi connectivity index (χ1) is 12.1. The molecule has 0 aliphatic carbocycles. The van der Waals surface area contributed by atoms with Crippen LogP contribution in [0.4, 0.5) is 6.01 Å². The predicted octanol–water partition coefficient (Wildman–Crippen LogP) is 2.25. The largest absolute Gasteiger partial charge is 0.423 e. The lowest BCUT2D eigenvalue weighted by molar-refractivity contribution is -0.140. The second-order valence-electron chi connectivity index (χ2n) is 7.24. The first kappa shape index (κ1) is 16.4. The molecule has 134 valence electrons. The van der Waals surface area contributed by atoms with Gasteiger partial charge in [-0.05, 0) is 38.8 Å². The number of rotatable bonds is 2. The number of nitrogens with zero attached hydrogens (tertiary/aromatic N) is 3. The quantitative estimate of drug-likeness (QED) is 0.907. The molecule has 1 aromatic heterocycles. The number of nitrogens with one attached hydrogen (secondary N) is 1. The Morgan fingerprint density at radius 3 is 2.72 bits per heavy atom. The number of amides is 1. The van der Waals surface area contributed by atoms with Crippen LogP contribution in [-0.2, 0) is 4.79 Å². The van der Waals surface area contributed by atoms with Crippen molar-refractivity contribution in [2.45, 2.75) is 38.8 Å². The Hall–Kier alpha value is -2.08. The van der Waals surface area contributed by atoms with Crippen molar-refractivity contribution in [3.63, 3.8) is 0 Å². The summed E-state index contributed by atoms with van der Waals surface area (Å²) >= 11 is 0. The van der Waals surface area contributed by atoms with Crippen molar-refractivity contribution < 1.29 is 9.21 Å². The number of benzene rings is 1. The Bertz CT molecular complexity index is 718. The van der Waals surface area contributed by atoms with E-state index in [1.807, 2.05) is 24.3 Å². The van der Waals surface area contributed by atoms with E-state index >= 15 is 0 Å². The molecule has 2 aliphatic rings. The highest BCUT2D eigenvalue weighted by Crippen LogP contribution is 2.28. The SMILES string of the molecule is CC1NCCN(C(=O)C2CCN(c3nc4ccccc4o3)CC2)C1C. The van der Waals surface area contributed by atoms with Crippen molar-refractivity contribution in [1.82, 2.24) is 15.2 Å². The summed E-state index contributed by atoms with van der Waals surface area (Å²) in [6.45, 7) is 7.63. The lowest BCUT2D eigenvalue weighted by atomic mass is 9.93. The van der Waals surface area contributed by atoms with E-state index in [0.29, 0.717) is 18.0 Å².